The summed E-state index contributed by atoms with van der Waals surface area (Å²) in [7, 11) is 0. The molecule has 0 atom stereocenters. The van der Waals surface area contributed by atoms with Gasteiger partial charge in [-0.3, -0.25) is 4.79 Å². The molecule has 0 heterocycles. The zero-order valence-electron chi connectivity index (χ0n) is 9.29. The molecule has 0 aromatic heterocycles. The summed E-state index contributed by atoms with van der Waals surface area (Å²) < 4.78 is 0.740. The van der Waals surface area contributed by atoms with Crippen LogP contribution in [0.2, 0.25) is 10.0 Å². The second kappa shape index (κ2) is 5.87. The van der Waals surface area contributed by atoms with Crippen LogP contribution in [-0.2, 0) is 6.42 Å². The Labute approximate surface area is 124 Å². The third kappa shape index (κ3) is 2.94. The summed E-state index contributed by atoms with van der Waals surface area (Å²) in [6, 6.07) is 12.6. The van der Waals surface area contributed by atoms with Crippen molar-refractivity contribution in [1.82, 2.24) is 0 Å². The lowest BCUT2D eigenvalue weighted by atomic mass is 10.0. The van der Waals surface area contributed by atoms with E-state index in [0.717, 1.165) is 4.47 Å². The Morgan fingerprint density at radius 1 is 1.06 bits per heavy atom. The van der Waals surface area contributed by atoms with Crippen LogP contribution in [0.3, 0.4) is 0 Å². The normalized spacial score (nSPS) is 10.4. The first-order valence-electron chi connectivity index (χ1n) is 5.30. The maximum atomic E-state index is 12.1. The maximum Gasteiger partial charge on any atom is 0.167 e. The monoisotopic (exact) mass is 342 g/mol. The summed E-state index contributed by atoms with van der Waals surface area (Å²) in [6.07, 6.45) is 0.196. The van der Waals surface area contributed by atoms with Crippen molar-refractivity contribution in [3.63, 3.8) is 0 Å². The molecule has 2 rings (SSSR count). The predicted octanol–water partition coefficient (Wildman–Crippen LogP) is 5.18. The zero-order chi connectivity index (χ0) is 13.1. The largest absolute Gasteiger partial charge is 0.294 e. The van der Waals surface area contributed by atoms with Crippen molar-refractivity contribution in [2.45, 2.75) is 6.42 Å². The van der Waals surface area contributed by atoms with Crippen molar-refractivity contribution in [1.29, 1.82) is 0 Å². The van der Waals surface area contributed by atoms with Gasteiger partial charge >= 0.3 is 0 Å². The average Bonchev–Trinajstić information content (AvgIpc) is 2.40. The summed E-state index contributed by atoms with van der Waals surface area (Å²) in [6.45, 7) is 0. The molecule has 0 saturated heterocycles. The molecule has 0 amide bonds. The Morgan fingerprint density at radius 2 is 1.72 bits per heavy atom. The van der Waals surface area contributed by atoms with Crippen LogP contribution in [0.4, 0.5) is 0 Å². The summed E-state index contributed by atoms with van der Waals surface area (Å²) in [5.41, 5.74) is 1.31. The van der Waals surface area contributed by atoms with Gasteiger partial charge in [0.15, 0.2) is 5.78 Å². The van der Waals surface area contributed by atoms with Crippen molar-refractivity contribution >= 4 is 44.9 Å². The second-order valence-electron chi connectivity index (χ2n) is 3.79. The van der Waals surface area contributed by atoms with Crippen molar-refractivity contribution in [2.75, 3.05) is 0 Å². The molecule has 0 radical (unpaired) electrons. The molecule has 0 spiro atoms. The van der Waals surface area contributed by atoms with Crippen molar-refractivity contribution in [2.24, 2.45) is 0 Å². The summed E-state index contributed by atoms with van der Waals surface area (Å²) in [5.74, 6) is -0.00231. The summed E-state index contributed by atoms with van der Waals surface area (Å²) in [4.78, 5) is 12.1. The second-order valence-corrected chi connectivity index (χ2v) is 5.43. The van der Waals surface area contributed by atoms with Crippen LogP contribution in [0, 0.1) is 0 Å². The van der Waals surface area contributed by atoms with Gasteiger partial charge in [-0.05, 0) is 33.6 Å². The lowest BCUT2D eigenvalue weighted by molar-refractivity contribution is 0.0993. The Bertz CT molecular complexity index is 582. The van der Waals surface area contributed by atoms with Gasteiger partial charge in [-0.1, -0.05) is 53.5 Å². The highest BCUT2D eigenvalue weighted by atomic mass is 79.9. The van der Waals surface area contributed by atoms with E-state index >= 15 is 0 Å². The van der Waals surface area contributed by atoms with Crippen LogP contribution in [0.15, 0.2) is 46.9 Å². The first-order chi connectivity index (χ1) is 8.59. The molecule has 92 valence electrons. The molecule has 0 aliphatic rings. The highest BCUT2D eigenvalue weighted by Gasteiger charge is 2.14. The van der Waals surface area contributed by atoms with Crippen molar-refractivity contribution in [3.8, 4) is 0 Å². The van der Waals surface area contributed by atoms with Crippen LogP contribution >= 0.6 is 39.1 Å². The lowest BCUT2D eigenvalue weighted by Gasteiger charge is -2.08. The minimum Gasteiger partial charge on any atom is -0.294 e. The quantitative estimate of drug-likeness (QED) is 0.554. The number of Topliss-reactive ketones (excluding diaryl/α,β-unsaturated/α-hetero) is 1. The molecule has 0 aliphatic heterocycles. The number of hydrogen-bond donors (Lipinski definition) is 0. The van der Waals surface area contributed by atoms with Crippen LogP contribution < -0.4 is 0 Å². The van der Waals surface area contributed by atoms with Crippen LogP contribution in [-0.4, -0.2) is 5.78 Å². The molecule has 4 heteroatoms. The smallest absolute Gasteiger partial charge is 0.167 e. The molecule has 18 heavy (non-hydrogen) atoms. The van der Waals surface area contributed by atoms with Gasteiger partial charge in [0.2, 0.25) is 0 Å². The van der Waals surface area contributed by atoms with Gasteiger partial charge in [0.05, 0.1) is 5.02 Å². The Balaban J connectivity index is 2.30. The third-order valence-corrected chi connectivity index (χ3v) is 4.25. The Kier molecular flexibility index (Phi) is 4.44. The lowest BCUT2D eigenvalue weighted by Crippen LogP contribution is -2.04. The molecular weight excluding hydrogens is 335 g/mol. The number of rotatable bonds is 3. The standard InChI is InChI=1S/C14H9BrCl2O/c15-11-6-7-12(16)10(14(11)17)8-13(18)9-4-2-1-3-5-9/h1-7H,8H2. The van der Waals surface area contributed by atoms with Gasteiger partial charge in [0.25, 0.3) is 0 Å². The summed E-state index contributed by atoms with van der Waals surface area (Å²) in [5, 5.41) is 0.999. The first kappa shape index (κ1) is 13.6. The van der Waals surface area contributed by atoms with E-state index < -0.39 is 0 Å². The van der Waals surface area contributed by atoms with E-state index in [9.17, 15) is 4.79 Å². The highest BCUT2D eigenvalue weighted by molar-refractivity contribution is 9.10. The van der Waals surface area contributed by atoms with E-state index in [1.807, 2.05) is 18.2 Å². The van der Waals surface area contributed by atoms with Gasteiger partial charge in [0.1, 0.15) is 0 Å². The minimum absolute atomic E-state index is 0.00231. The topological polar surface area (TPSA) is 17.1 Å². The fourth-order valence-corrected chi connectivity index (χ4v) is 2.49. The highest BCUT2D eigenvalue weighted by Crippen LogP contribution is 2.32. The number of benzene rings is 2. The Morgan fingerprint density at radius 3 is 2.39 bits per heavy atom. The predicted molar refractivity (Wildman–Crippen MR) is 78.6 cm³/mol. The van der Waals surface area contributed by atoms with Crippen LogP contribution in [0.25, 0.3) is 0 Å². The molecule has 0 N–H and O–H groups in total. The van der Waals surface area contributed by atoms with Gasteiger partial charge in [0, 0.05) is 21.5 Å². The SMILES string of the molecule is O=C(Cc1c(Cl)ccc(Br)c1Cl)c1ccccc1. The van der Waals surface area contributed by atoms with Crippen LogP contribution in [0.5, 0.6) is 0 Å². The number of carbonyl (C=O) groups is 1. The van der Waals surface area contributed by atoms with E-state index in [0.29, 0.717) is 21.2 Å². The van der Waals surface area contributed by atoms with E-state index in [2.05, 4.69) is 15.9 Å². The van der Waals surface area contributed by atoms with Gasteiger partial charge < -0.3 is 0 Å². The molecule has 0 unspecified atom stereocenters. The number of ketones is 1. The van der Waals surface area contributed by atoms with Gasteiger partial charge in [-0.15, -0.1) is 0 Å². The molecule has 1 nitrogen and oxygen atoms in total. The molecule has 0 saturated carbocycles. The van der Waals surface area contributed by atoms with E-state index in [1.165, 1.54) is 0 Å². The van der Waals surface area contributed by atoms with Crippen molar-refractivity contribution in [3.05, 3.63) is 68.1 Å². The van der Waals surface area contributed by atoms with Crippen molar-refractivity contribution < 1.29 is 4.79 Å². The number of carbonyl (C=O) groups excluding carboxylic acids is 1. The molecule has 2 aromatic rings. The van der Waals surface area contributed by atoms with Gasteiger partial charge in [-0.25, -0.2) is 0 Å². The van der Waals surface area contributed by atoms with E-state index in [4.69, 9.17) is 23.2 Å². The van der Waals surface area contributed by atoms with Crippen LogP contribution in [0.1, 0.15) is 15.9 Å². The fraction of sp³-hybridized carbons (Fsp3) is 0.0714. The first-order valence-corrected chi connectivity index (χ1v) is 6.85. The van der Waals surface area contributed by atoms with Gasteiger partial charge in [-0.2, -0.15) is 0 Å². The minimum atomic E-state index is -0.00231. The fourth-order valence-electron chi connectivity index (χ4n) is 1.62. The van der Waals surface area contributed by atoms with E-state index in [1.54, 1.807) is 24.3 Å². The third-order valence-electron chi connectivity index (χ3n) is 2.57. The molecule has 2 aromatic carbocycles. The van der Waals surface area contributed by atoms with E-state index in [-0.39, 0.29) is 12.2 Å². The average molecular weight is 344 g/mol. The zero-order valence-corrected chi connectivity index (χ0v) is 12.4. The Hall–Kier alpha value is -0.830. The summed E-state index contributed by atoms with van der Waals surface area (Å²) >= 11 is 15.5. The maximum absolute atomic E-state index is 12.1. The molecule has 0 aliphatic carbocycles. The molecule has 0 bridgehead atoms. The number of hydrogen-bond acceptors (Lipinski definition) is 1. The molecule has 0 fully saturated rings. The molecular formula is C14H9BrCl2O. The number of halogens is 3.